The largest absolute Gasteiger partial charge is 0.573 e. The van der Waals surface area contributed by atoms with Crippen molar-refractivity contribution in [1.29, 1.82) is 0 Å². The molecular weight excluding hydrogens is 444 g/mol. The average Bonchev–Trinajstić information content (AvgIpc) is 2.82. The third-order valence-corrected chi connectivity index (χ3v) is 7.83. The standard InChI is InChI=1S/C28H34F4O2/c1-2-19-3-7-21(8-4-19)22-9-11-23(12-10-22)24-15-25(29)17-27(16-24)33-18-20-5-13-26(14-6-20)34-28(30,31)32/h5-6,13-17,19,21-23H,2-4,7-12,18H2,1H3. The number of ether oxygens (including phenoxy) is 2. The third-order valence-electron chi connectivity index (χ3n) is 7.83. The van der Waals surface area contributed by atoms with Crippen LogP contribution in [-0.2, 0) is 6.61 Å². The molecule has 0 N–H and O–H groups in total. The van der Waals surface area contributed by atoms with Crippen molar-refractivity contribution in [2.45, 2.75) is 83.6 Å². The van der Waals surface area contributed by atoms with Crippen LogP contribution in [0.4, 0.5) is 17.6 Å². The monoisotopic (exact) mass is 478 g/mol. The van der Waals surface area contributed by atoms with Crippen molar-refractivity contribution >= 4 is 0 Å². The van der Waals surface area contributed by atoms with Crippen molar-refractivity contribution in [2.24, 2.45) is 17.8 Å². The molecule has 2 nitrogen and oxygen atoms in total. The second kappa shape index (κ2) is 11.0. The average molecular weight is 479 g/mol. The third kappa shape index (κ3) is 6.89. The van der Waals surface area contributed by atoms with Gasteiger partial charge in [-0.15, -0.1) is 13.2 Å². The van der Waals surface area contributed by atoms with E-state index in [2.05, 4.69) is 11.7 Å². The lowest BCUT2D eigenvalue weighted by Crippen LogP contribution is -2.25. The summed E-state index contributed by atoms with van der Waals surface area (Å²) in [6.45, 7) is 2.44. The molecule has 0 aliphatic heterocycles. The van der Waals surface area contributed by atoms with Crippen LogP contribution >= 0.6 is 0 Å². The van der Waals surface area contributed by atoms with Gasteiger partial charge in [-0.25, -0.2) is 4.39 Å². The van der Waals surface area contributed by atoms with E-state index in [4.69, 9.17) is 4.74 Å². The van der Waals surface area contributed by atoms with Gasteiger partial charge in [-0.2, -0.15) is 0 Å². The number of halogens is 4. The van der Waals surface area contributed by atoms with Crippen LogP contribution in [0.15, 0.2) is 42.5 Å². The Morgan fingerprint density at radius 3 is 2.00 bits per heavy atom. The van der Waals surface area contributed by atoms with Crippen LogP contribution in [0.5, 0.6) is 11.5 Å². The maximum absolute atomic E-state index is 14.4. The lowest BCUT2D eigenvalue weighted by molar-refractivity contribution is -0.274. The first kappa shape index (κ1) is 24.9. The lowest BCUT2D eigenvalue weighted by Gasteiger charge is -2.38. The van der Waals surface area contributed by atoms with Crippen LogP contribution < -0.4 is 9.47 Å². The second-order valence-corrected chi connectivity index (χ2v) is 10.0. The molecule has 0 amide bonds. The van der Waals surface area contributed by atoms with Crippen molar-refractivity contribution in [3.8, 4) is 11.5 Å². The molecule has 0 spiro atoms. The molecule has 2 aliphatic carbocycles. The fourth-order valence-corrected chi connectivity index (χ4v) is 5.85. The summed E-state index contributed by atoms with van der Waals surface area (Å²) in [4.78, 5) is 0. The molecule has 0 radical (unpaired) electrons. The molecule has 2 fully saturated rings. The van der Waals surface area contributed by atoms with Crippen LogP contribution in [0.25, 0.3) is 0 Å². The smallest absolute Gasteiger partial charge is 0.489 e. The topological polar surface area (TPSA) is 18.5 Å². The first-order valence-corrected chi connectivity index (χ1v) is 12.6. The molecule has 2 aromatic rings. The van der Waals surface area contributed by atoms with Crippen molar-refractivity contribution in [3.05, 3.63) is 59.4 Å². The van der Waals surface area contributed by atoms with E-state index in [1.807, 2.05) is 6.07 Å². The van der Waals surface area contributed by atoms with Crippen LogP contribution in [0.3, 0.4) is 0 Å². The zero-order valence-corrected chi connectivity index (χ0v) is 19.8. The van der Waals surface area contributed by atoms with Gasteiger partial charge in [0.2, 0.25) is 0 Å². The number of hydrogen-bond acceptors (Lipinski definition) is 2. The van der Waals surface area contributed by atoms with Crippen molar-refractivity contribution < 1.29 is 27.0 Å². The Bertz CT molecular complexity index is 909. The Labute approximate surface area is 199 Å². The number of benzene rings is 2. The Morgan fingerprint density at radius 2 is 1.41 bits per heavy atom. The van der Waals surface area contributed by atoms with Gasteiger partial charge in [0.1, 0.15) is 23.9 Å². The van der Waals surface area contributed by atoms with Crippen LogP contribution in [0, 0.1) is 23.6 Å². The molecule has 4 rings (SSSR count). The minimum absolute atomic E-state index is 0.141. The number of rotatable bonds is 7. The molecule has 2 aliphatic rings. The molecular formula is C28H34F4O2. The van der Waals surface area contributed by atoms with Gasteiger partial charge in [-0.1, -0.05) is 38.3 Å². The minimum Gasteiger partial charge on any atom is -0.489 e. The van der Waals surface area contributed by atoms with E-state index in [-0.39, 0.29) is 18.2 Å². The highest BCUT2D eigenvalue weighted by Crippen LogP contribution is 2.44. The predicted molar refractivity (Wildman–Crippen MR) is 124 cm³/mol. The SMILES string of the molecule is CCC1CCC(C2CCC(c3cc(F)cc(OCc4ccc(OC(F)(F)F)cc4)c3)CC2)CC1. The first-order valence-electron chi connectivity index (χ1n) is 12.6. The highest BCUT2D eigenvalue weighted by atomic mass is 19.4. The number of hydrogen-bond donors (Lipinski definition) is 0. The summed E-state index contributed by atoms with van der Waals surface area (Å²) in [6.07, 6.45) is 6.68. The Kier molecular flexibility index (Phi) is 8.05. The van der Waals surface area contributed by atoms with Gasteiger partial charge in [-0.05, 0) is 97.6 Å². The molecule has 6 heteroatoms. The van der Waals surface area contributed by atoms with Gasteiger partial charge < -0.3 is 9.47 Å². The molecule has 0 unspecified atom stereocenters. The molecule has 0 atom stereocenters. The normalized spacial score (nSPS) is 25.7. The maximum atomic E-state index is 14.4. The molecule has 0 saturated heterocycles. The molecule has 34 heavy (non-hydrogen) atoms. The van der Waals surface area contributed by atoms with Gasteiger partial charge in [-0.3, -0.25) is 0 Å². The summed E-state index contributed by atoms with van der Waals surface area (Å²) in [6, 6.07) is 10.4. The van der Waals surface area contributed by atoms with E-state index >= 15 is 0 Å². The Hall–Kier alpha value is -2.24. The Balaban J connectivity index is 1.30. The van der Waals surface area contributed by atoms with Crippen molar-refractivity contribution in [2.75, 3.05) is 0 Å². The van der Waals surface area contributed by atoms with Gasteiger partial charge in [0.05, 0.1) is 0 Å². The predicted octanol–water partition coefficient (Wildman–Crippen LogP) is 8.79. The molecule has 0 heterocycles. The second-order valence-electron chi connectivity index (χ2n) is 10.0. The van der Waals surface area contributed by atoms with E-state index < -0.39 is 6.36 Å². The number of alkyl halides is 3. The van der Waals surface area contributed by atoms with Gasteiger partial charge in [0.15, 0.2) is 0 Å². The van der Waals surface area contributed by atoms with E-state index in [0.717, 1.165) is 36.2 Å². The maximum Gasteiger partial charge on any atom is 0.573 e. The van der Waals surface area contributed by atoms with Crippen LogP contribution in [-0.4, -0.2) is 6.36 Å². The molecule has 2 aromatic carbocycles. The van der Waals surface area contributed by atoms with E-state index in [0.29, 0.717) is 17.2 Å². The summed E-state index contributed by atoms with van der Waals surface area (Å²) in [5.74, 6) is 2.79. The molecule has 0 bridgehead atoms. The first-order chi connectivity index (χ1) is 16.3. The van der Waals surface area contributed by atoms with E-state index in [1.165, 1.54) is 75.3 Å². The fraction of sp³-hybridized carbons (Fsp3) is 0.571. The minimum atomic E-state index is -4.72. The molecule has 186 valence electrons. The molecule has 0 aromatic heterocycles. The van der Waals surface area contributed by atoms with E-state index in [9.17, 15) is 17.6 Å². The van der Waals surface area contributed by atoms with Gasteiger partial charge in [0, 0.05) is 6.07 Å². The van der Waals surface area contributed by atoms with Gasteiger partial charge >= 0.3 is 6.36 Å². The summed E-state index contributed by atoms with van der Waals surface area (Å²) >= 11 is 0. The zero-order valence-electron chi connectivity index (χ0n) is 19.8. The fourth-order valence-electron chi connectivity index (χ4n) is 5.85. The quantitative estimate of drug-likeness (QED) is 0.370. The van der Waals surface area contributed by atoms with E-state index in [1.54, 1.807) is 6.07 Å². The van der Waals surface area contributed by atoms with Crippen molar-refractivity contribution in [3.63, 3.8) is 0 Å². The van der Waals surface area contributed by atoms with Crippen molar-refractivity contribution in [1.82, 2.24) is 0 Å². The Morgan fingerprint density at radius 1 is 0.794 bits per heavy atom. The van der Waals surface area contributed by atoms with Crippen LogP contribution in [0.1, 0.15) is 81.8 Å². The lowest BCUT2D eigenvalue weighted by atomic mass is 9.68. The van der Waals surface area contributed by atoms with Crippen LogP contribution in [0.2, 0.25) is 0 Å². The zero-order chi connectivity index (χ0) is 24.1. The highest BCUT2D eigenvalue weighted by Gasteiger charge is 2.32. The summed E-state index contributed by atoms with van der Waals surface area (Å²) in [5.41, 5.74) is 1.66. The van der Waals surface area contributed by atoms with Gasteiger partial charge in [0.25, 0.3) is 0 Å². The summed E-state index contributed by atoms with van der Waals surface area (Å²) in [5, 5.41) is 0. The highest BCUT2D eigenvalue weighted by molar-refractivity contribution is 5.33. The summed E-state index contributed by atoms with van der Waals surface area (Å²) < 4.78 is 60.9. The summed E-state index contributed by atoms with van der Waals surface area (Å²) in [7, 11) is 0. The molecule has 2 saturated carbocycles.